The monoisotopic (exact) mass is 374 g/mol. The summed E-state index contributed by atoms with van der Waals surface area (Å²) in [6.45, 7) is 3.47. The van der Waals surface area contributed by atoms with Crippen molar-refractivity contribution >= 4 is 11.7 Å². The van der Waals surface area contributed by atoms with Crippen molar-refractivity contribution in [1.82, 2.24) is 15.3 Å². The number of carbonyl (C=O) groups excluding carboxylic acids is 1. The molecule has 0 unspecified atom stereocenters. The number of hydrogen-bond acceptors (Lipinski definition) is 7. The molecule has 1 heterocycles. The molecule has 1 aromatic carbocycles. The standard InChI is InChI=1S/C19H26N4O4/c1-13-22-15(11-18(23-13)20-8-5-9-25-2)19(24)21-12-14-6-7-16(26-3)17(10-14)27-4/h6-7,10-11H,5,8-9,12H2,1-4H3,(H,21,24)(H,20,22,23). The topological polar surface area (TPSA) is 94.6 Å². The molecule has 2 N–H and O–H groups in total. The van der Waals surface area contributed by atoms with Gasteiger partial charge in [-0.15, -0.1) is 0 Å². The number of aryl methyl sites for hydroxylation is 1. The first-order chi connectivity index (χ1) is 13.1. The minimum atomic E-state index is -0.268. The average Bonchev–Trinajstić information content (AvgIpc) is 2.68. The van der Waals surface area contributed by atoms with E-state index in [9.17, 15) is 4.79 Å². The van der Waals surface area contributed by atoms with E-state index in [4.69, 9.17) is 14.2 Å². The molecule has 0 aliphatic carbocycles. The highest BCUT2D eigenvalue weighted by Crippen LogP contribution is 2.27. The number of amides is 1. The van der Waals surface area contributed by atoms with Gasteiger partial charge in [0.2, 0.25) is 0 Å². The lowest BCUT2D eigenvalue weighted by molar-refractivity contribution is 0.0945. The summed E-state index contributed by atoms with van der Waals surface area (Å²) in [5, 5.41) is 6.04. The van der Waals surface area contributed by atoms with Crippen molar-refractivity contribution in [1.29, 1.82) is 0 Å². The first-order valence-corrected chi connectivity index (χ1v) is 8.65. The third-order valence-electron chi connectivity index (χ3n) is 3.80. The Hall–Kier alpha value is -2.87. The predicted molar refractivity (Wildman–Crippen MR) is 102 cm³/mol. The van der Waals surface area contributed by atoms with Crippen LogP contribution in [0.4, 0.5) is 5.82 Å². The highest BCUT2D eigenvalue weighted by Gasteiger charge is 2.11. The van der Waals surface area contributed by atoms with Crippen LogP contribution in [0, 0.1) is 6.92 Å². The smallest absolute Gasteiger partial charge is 0.270 e. The van der Waals surface area contributed by atoms with Gasteiger partial charge in [-0.3, -0.25) is 4.79 Å². The number of aromatic nitrogens is 2. The van der Waals surface area contributed by atoms with E-state index in [0.717, 1.165) is 12.0 Å². The summed E-state index contributed by atoms with van der Waals surface area (Å²) in [6, 6.07) is 7.14. The van der Waals surface area contributed by atoms with Gasteiger partial charge < -0.3 is 24.8 Å². The summed E-state index contributed by atoms with van der Waals surface area (Å²) in [5.74, 6) is 2.14. The number of hydrogen-bond donors (Lipinski definition) is 2. The maximum absolute atomic E-state index is 12.5. The van der Waals surface area contributed by atoms with E-state index in [-0.39, 0.29) is 5.91 Å². The molecule has 2 rings (SSSR count). The molecule has 0 aliphatic rings. The third-order valence-corrected chi connectivity index (χ3v) is 3.80. The van der Waals surface area contributed by atoms with Crippen LogP contribution in [0.2, 0.25) is 0 Å². The van der Waals surface area contributed by atoms with E-state index in [1.54, 1.807) is 40.4 Å². The molecule has 8 nitrogen and oxygen atoms in total. The molecule has 0 spiro atoms. The molecule has 0 radical (unpaired) electrons. The summed E-state index contributed by atoms with van der Waals surface area (Å²) in [4.78, 5) is 21.0. The number of methoxy groups -OCH3 is 3. The van der Waals surface area contributed by atoms with Crippen LogP contribution in [-0.2, 0) is 11.3 Å². The fraction of sp³-hybridized carbons (Fsp3) is 0.421. The molecule has 8 heteroatoms. The van der Waals surface area contributed by atoms with Gasteiger partial charge in [0.1, 0.15) is 17.3 Å². The van der Waals surface area contributed by atoms with E-state index in [2.05, 4.69) is 20.6 Å². The van der Waals surface area contributed by atoms with Gasteiger partial charge in [-0.1, -0.05) is 6.07 Å². The fourth-order valence-electron chi connectivity index (χ4n) is 2.47. The van der Waals surface area contributed by atoms with Crippen LogP contribution in [0.25, 0.3) is 0 Å². The van der Waals surface area contributed by atoms with Crippen LogP contribution >= 0.6 is 0 Å². The zero-order valence-electron chi connectivity index (χ0n) is 16.2. The number of ether oxygens (including phenoxy) is 3. The molecule has 0 aliphatic heterocycles. The van der Waals surface area contributed by atoms with E-state index < -0.39 is 0 Å². The largest absolute Gasteiger partial charge is 0.493 e. The second-order valence-corrected chi connectivity index (χ2v) is 5.83. The zero-order chi connectivity index (χ0) is 19.6. The fourth-order valence-corrected chi connectivity index (χ4v) is 2.47. The Morgan fingerprint density at radius 1 is 1.07 bits per heavy atom. The third kappa shape index (κ3) is 6.10. The van der Waals surface area contributed by atoms with Crippen LogP contribution in [0.5, 0.6) is 11.5 Å². The summed E-state index contributed by atoms with van der Waals surface area (Å²) in [7, 11) is 4.82. The van der Waals surface area contributed by atoms with Crippen molar-refractivity contribution in [3.63, 3.8) is 0 Å². The van der Waals surface area contributed by atoms with Gasteiger partial charge in [0.05, 0.1) is 14.2 Å². The van der Waals surface area contributed by atoms with Crippen molar-refractivity contribution in [2.75, 3.05) is 39.8 Å². The van der Waals surface area contributed by atoms with E-state index in [0.29, 0.717) is 48.5 Å². The maximum Gasteiger partial charge on any atom is 0.270 e. The van der Waals surface area contributed by atoms with Gasteiger partial charge in [-0.25, -0.2) is 9.97 Å². The molecule has 146 valence electrons. The lowest BCUT2D eigenvalue weighted by Crippen LogP contribution is -2.24. The Morgan fingerprint density at radius 2 is 1.85 bits per heavy atom. The lowest BCUT2D eigenvalue weighted by atomic mass is 10.2. The SMILES string of the molecule is COCCCNc1cc(C(=O)NCc2ccc(OC)c(OC)c2)nc(C)n1. The number of carbonyl (C=O) groups is 1. The zero-order valence-corrected chi connectivity index (χ0v) is 16.2. The van der Waals surface area contributed by atoms with Crippen molar-refractivity contribution in [2.24, 2.45) is 0 Å². The van der Waals surface area contributed by atoms with Gasteiger partial charge in [0.25, 0.3) is 5.91 Å². The van der Waals surface area contributed by atoms with Crippen LogP contribution < -0.4 is 20.1 Å². The molecule has 0 saturated carbocycles. The number of rotatable bonds is 10. The molecular weight excluding hydrogens is 348 g/mol. The minimum Gasteiger partial charge on any atom is -0.493 e. The van der Waals surface area contributed by atoms with Gasteiger partial charge in [-0.2, -0.15) is 0 Å². The molecule has 0 fully saturated rings. The van der Waals surface area contributed by atoms with E-state index >= 15 is 0 Å². The van der Waals surface area contributed by atoms with E-state index in [1.807, 2.05) is 12.1 Å². The highest BCUT2D eigenvalue weighted by molar-refractivity contribution is 5.92. The van der Waals surface area contributed by atoms with Crippen molar-refractivity contribution in [3.8, 4) is 11.5 Å². The molecule has 0 saturated heterocycles. The van der Waals surface area contributed by atoms with Gasteiger partial charge in [0.15, 0.2) is 11.5 Å². The first kappa shape index (κ1) is 20.4. The lowest BCUT2D eigenvalue weighted by Gasteiger charge is -2.11. The Balaban J connectivity index is 2.00. The minimum absolute atomic E-state index is 0.268. The second-order valence-electron chi connectivity index (χ2n) is 5.83. The average molecular weight is 374 g/mol. The van der Waals surface area contributed by atoms with Crippen molar-refractivity contribution in [2.45, 2.75) is 19.9 Å². The summed E-state index contributed by atoms with van der Waals surface area (Å²) in [6.07, 6.45) is 0.848. The van der Waals surface area contributed by atoms with Crippen LogP contribution in [0.1, 0.15) is 28.3 Å². The number of anilines is 1. The molecule has 1 amide bonds. The molecular formula is C19H26N4O4. The van der Waals surface area contributed by atoms with Crippen LogP contribution in [-0.4, -0.2) is 50.4 Å². The Bertz CT molecular complexity index is 767. The Morgan fingerprint density at radius 3 is 2.56 bits per heavy atom. The summed E-state index contributed by atoms with van der Waals surface area (Å²) in [5.41, 5.74) is 1.21. The highest BCUT2D eigenvalue weighted by atomic mass is 16.5. The summed E-state index contributed by atoms with van der Waals surface area (Å²) < 4.78 is 15.5. The number of nitrogens with zero attached hydrogens (tertiary/aromatic N) is 2. The quantitative estimate of drug-likeness (QED) is 0.616. The first-order valence-electron chi connectivity index (χ1n) is 8.65. The van der Waals surface area contributed by atoms with Crippen molar-refractivity contribution in [3.05, 3.63) is 41.3 Å². The number of benzene rings is 1. The van der Waals surface area contributed by atoms with Gasteiger partial charge >= 0.3 is 0 Å². The normalized spacial score (nSPS) is 10.4. The van der Waals surface area contributed by atoms with Gasteiger partial charge in [-0.05, 0) is 31.0 Å². The van der Waals surface area contributed by atoms with E-state index in [1.165, 1.54) is 0 Å². The molecule has 0 bridgehead atoms. The van der Waals surface area contributed by atoms with Gasteiger partial charge in [0, 0.05) is 32.9 Å². The van der Waals surface area contributed by atoms with Crippen LogP contribution in [0.15, 0.2) is 24.3 Å². The van der Waals surface area contributed by atoms with Crippen LogP contribution in [0.3, 0.4) is 0 Å². The summed E-state index contributed by atoms with van der Waals surface area (Å²) >= 11 is 0. The van der Waals surface area contributed by atoms with Crippen molar-refractivity contribution < 1.29 is 19.0 Å². The maximum atomic E-state index is 12.5. The molecule has 0 atom stereocenters. The molecule has 1 aromatic heterocycles. The second kappa shape index (κ2) is 10.3. The molecule has 2 aromatic rings. The predicted octanol–water partition coefficient (Wildman–Crippen LogP) is 2.18. The molecule has 27 heavy (non-hydrogen) atoms. The Kier molecular flexibility index (Phi) is 7.81. The number of nitrogens with one attached hydrogen (secondary N) is 2. The Labute approximate surface area is 159 Å².